The standard InChI is InChI=1S/C15H23N3O3S/c1-12(19)17-13-5-7-15(8-6-13)22(20,21)16-10-9-14-4-3-11-18(14)2/h5-8,14,16H,3-4,9-11H2,1-2H3,(H,17,19). The molecule has 0 spiro atoms. The van der Waals surface area contributed by atoms with Crippen molar-refractivity contribution in [2.75, 3.05) is 25.5 Å². The second-order valence-corrected chi connectivity index (χ2v) is 7.44. The molecule has 1 aromatic carbocycles. The van der Waals surface area contributed by atoms with Gasteiger partial charge in [-0.25, -0.2) is 13.1 Å². The van der Waals surface area contributed by atoms with Gasteiger partial charge < -0.3 is 10.2 Å². The average Bonchev–Trinajstić information content (AvgIpc) is 2.84. The molecule has 0 aromatic heterocycles. The van der Waals surface area contributed by atoms with Gasteiger partial charge in [-0.3, -0.25) is 4.79 Å². The van der Waals surface area contributed by atoms with Crippen molar-refractivity contribution in [3.8, 4) is 0 Å². The summed E-state index contributed by atoms with van der Waals surface area (Å²) in [6.07, 6.45) is 3.13. The third-order valence-corrected chi connectivity index (χ3v) is 5.40. The fraction of sp³-hybridized carbons (Fsp3) is 0.533. The third kappa shape index (κ3) is 4.53. The van der Waals surface area contributed by atoms with Gasteiger partial charge >= 0.3 is 0 Å². The van der Waals surface area contributed by atoms with Crippen LogP contribution in [0.1, 0.15) is 26.2 Å². The van der Waals surface area contributed by atoms with Crippen molar-refractivity contribution in [2.45, 2.75) is 37.1 Å². The summed E-state index contributed by atoms with van der Waals surface area (Å²) in [7, 11) is -1.42. The molecule has 122 valence electrons. The monoisotopic (exact) mass is 325 g/mol. The summed E-state index contributed by atoms with van der Waals surface area (Å²) >= 11 is 0. The van der Waals surface area contributed by atoms with Crippen molar-refractivity contribution in [1.29, 1.82) is 0 Å². The molecule has 1 heterocycles. The number of benzene rings is 1. The zero-order valence-electron chi connectivity index (χ0n) is 13.0. The van der Waals surface area contributed by atoms with Gasteiger partial charge in [0, 0.05) is 25.2 Å². The third-order valence-electron chi connectivity index (χ3n) is 3.93. The fourth-order valence-corrected chi connectivity index (χ4v) is 3.76. The van der Waals surface area contributed by atoms with Crippen LogP contribution in [0.3, 0.4) is 0 Å². The highest BCUT2D eigenvalue weighted by Crippen LogP contribution is 2.18. The van der Waals surface area contributed by atoms with Gasteiger partial charge in [-0.2, -0.15) is 0 Å². The molecule has 1 unspecified atom stereocenters. The van der Waals surface area contributed by atoms with Gasteiger partial charge in [0.2, 0.25) is 15.9 Å². The zero-order chi connectivity index (χ0) is 16.2. The van der Waals surface area contributed by atoms with Gasteiger partial charge in [0.15, 0.2) is 0 Å². The molecule has 2 rings (SSSR count). The Morgan fingerprint density at radius 3 is 2.55 bits per heavy atom. The smallest absolute Gasteiger partial charge is 0.240 e. The number of sulfonamides is 1. The van der Waals surface area contributed by atoms with Crippen LogP contribution in [0, 0.1) is 0 Å². The molecule has 22 heavy (non-hydrogen) atoms. The predicted octanol–water partition coefficient (Wildman–Crippen LogP) is 1.41. The van der Waals surface area contributed by atoms with Crippen LogP contribution in [0.4, 0.5) is 5.69 Å². The van der Waals surface area contributed by atoms with E-state index in [1.807, 2.05) is 0 Å². The van der Waals surface area contributed by atoms with Crippen LogP contribution in [0.2, 0.25) is 0 Å². The molecule has 6 nitrogen and oxygen atoms in total. The minimum absolute atomic E-state index is 0.186. The lowest BCUT2D eigenvalue weighted by Gasteiger charge is -2.19. The molecule has 1 atom stereocenters. The maximum Gasteiger partial charge on any atom is 0.240 e. The molecule has 0 saturated carbocycles. The van der Waals surface area contributed by atoms with Crippen molar-refractivity contribution in [1.82, 2.24) is 9.62 Å². The lowest BCUT2D eigenvalue weighted by atomic mass is 10.1. The van der Waals surface area contributed by atoms with E-state index in [-0.39, 0.29) is 10.8 Å². The Labute approximate surface area is 131 Å². The highest BCUT2D eigenvalue weighted by molar-refractivity contribution is 7.89. The van der Waals surface area contributed by atoms with Crippen molar-refractivity contribution in [2.24, 2.45) is 0 Å². The SMILES string of the molecule is CC(=O)Nc1ccc(S(=O)(=O)NCCC2CCCN2C)cc1. The van der Waals surface area contributed by atoms with Gasteiger partial charge in [0.05, 0.1) is 4.90 Å². The normalized spacial score (nSPS) is 19.3. The summed E-state index contributed by atoms with van der Waals surface area (Å²) in [5.74, 6) is -0.186. The van der Waals surface area contributed by atoms with Gasteiger partial charge in [-0.1, -0.05) is 0 Å². The Morgan fingerprint density at radius 2 is 2.00 bits per heavy atom. The molecule has 1 aliphatic heterocycles. The number of rotatable bonds is 6. The topological polar surface area (TPSA) is 78.5 Å². The number of nitrogens with one attached hydrogen (secondary N) is 2. The maximum absolute atomic E-state index is 12.2. The van der Waals surface area contributed by atoms with Gasteiger partial charge in [0.1, 0.15) is 0 Å². The first kappa shape index (κ1) is 16.9. The van der Waals surface area contributed by atoms with Gasteiger partial charge in [0.25, 0.3) is 0 Å². The number of carbonyl (C=O) groups excluding carboxylic acids is 1. The fourth-order valence-electron chi connectivity index (χ4n) is 2.71. The van der Waals surface area contributed by atoms with E-state index < -0.39 is 10.0 Å². The maximum atomic E-state index is 12.2. The summed E-state index contributed by atoms with van der Waals surface area (Å²) < 4.78 is 27.1. The van der Waals surface area contributed by atoms with Crippen LogP contribution in [-0.4, -0.2) is 45.4 Å². The molecule has 1 fully saturated rings. The minimum atomic E-state index is -3.50. The molecule has 1 aliphatic rings. The number of nitrogens with zero attached hydrogens (tertiary/aromatic N) is 1. The zero-order valence-corrected chi connectivity index (χ0v) is 13.8. The van der Waals surface area contributed by atoms with Crippen molar-refractivity contribution in [3.05, 3.63) is 24.3 Å². The van der Waals surface area contributed by atoms with Crippen LogP contribution >= 0.6 is 0 Å². The predicted molar refractivity (Wildman–Crippen MR) is 86.2 cm³/mol. The summed E-state index contributed by atoms with van der Waals surface area (Å²) in [6.45, 7) is 2.93. The largest absolute Gasteiger partial charge is 0.326 e. The Hall–Kier alpha value is -1.44. The second-order valence-electron chi connectivity index (χ2n) is 5.67. The number of likely N-dealkylation sites (tertiary alicyclic amines) is 1. The Morgan fingerprint density at radius 1 is 1.32 bits per heavy atom. The van der Waals surface area contributed by atoms with Crippen molar-refractivity contribution in [3.63, 3.8) is 0 Å². The van der Waals surface area contributed by atoms with E-state index in [4.69, 9.17) is 0 Å². The van der Waals surface area contributed by atoms with Gasteiger partial charge in [-0.15, -0.1) is 0 Å². The number of hydrogen-bond acceptors (Lipinski definition) is 4. The summed E-state index contributed by atoms with van der Waals surface area (Å²) in [6, 6.07) is 6.62. The highest BCUT2D eigenvalue weighted by Gasteiger charge is 2.21. The van der Waals surface area contributed by atoms with Crippen LogP contribution in [0.5, 0.6) is 0 Å². The van der Waals surface area contributed by atoms with Crippen LogP contribution in [0.15, 0.2) is 29.2 Å². The second kappa shape index (κ2) is 7.21. The molecule has 1 aromatic rings. The molecule has 0 aliphatic carbocycles. The molecule has 0 radical (unpaired) electrons. The van der Waals surface area contributed by atoms with E-state index in [1.165, 1.54) is 25.5 Å². The molecule has 1 saturated heterocycles. The lowest BCUT2D eigenvalue weighted by molar-refractivity contribution is -0.114. The molecule has 2 N–H and O–H groups in total. The van der Waals surface area contributed by atoms with Crippen LogP contribution in [-0.2, 0) is 14.8 Å². The lowest BCUT2D eigenvalue weighted by Crippen LogP contribution is -2.31. The first-order valence-electron chi connectivity index (χ1n) is 7.46. The van der Waals surface area contributed by atoms with E-state index in [0.29, 0.717) is 18.3 Å². The van der Waals surface area contributed by atoms with E-state index in [1.54, 1.807) is 12.1 Å². The van der Waals surface area contributed by atoms with Crippen molar-refractivity contribution < 1.29 is 13.2 Å². The molecular formula is C15H23N3O3S. The molecular weight excluding hydrogens is 302 g/mol. The molecule has 7 heteroatoms. The van der Waals surface area contributed by atoms with Gasteiger partial charge in [-0.05, 0) is 57.1 Å². The van der Waals surface area contributed by atoms with E-state index >= 15 is 0 Å². The van der Waals surface area contributed by atoms with E-state index in [0.717, 1.165) is 19.4 Å². The van der Waals surface area contributed by atoms with Crippen LogP contribution in [0.25, 0.3) is 0 Å². The van der Waals surface area contributed by atoms with E-state index in [2.05, 4.69) is 22.0 Å². The van der Waals surface area contributed by atoms with E-state index in [9.17, 15) is 13.2 Å². The minimum Gasteiger partial charge on any atom is -0.326 e. The Kier molecular flexibility index (Phi) is 5.55. The number of hydrogen-bond donors (Lipinski definition) is 2. The first-order valence-corrected chi connectivity index (χ1v) is 8.94. The molecule has 1 amide bonds. The summed E-state index contributed by atoms with van der Waals surface area (Å²) in [5, 5.41) is 2.61. The Balaban J connectivity index is 1.90. The number of anilines is 1. The summed E-state index contributed by atoms with van der Waals surface area (Å²) in [4.78, 5) is 13.4. The Bertz CT molecular complexity index is 613. The molecule has 0 bridgehead atoms. The average molecular weight is 325 g/mol. The highest BCUT2D eigenvalue weighted by atomic mass is 32.2. The first-order chi connectivity index (χ1) is 10.4. The van der Waals surface area contributed by atoms with Crippen molar-refractivity contribution >= 4 is 21.6 Å². The number of carbonyl (C=O) groups is 1. The number of amides is 1. The summed E-state index contributed by atoms with van der Waals surface area (Å²) in [5.41, 5.74) is 0.582. The van der Waals surface area contributed by atoms with Crippen LogP contribution < -0.4 is 10.0 Å². The quantitative estimate of drug-likeness (QED) is 0.829.